The maximum Gasteiger partial charge on any atom is 0.306 e. The molecule has 0 rings (SSSR count). The molecule has 0 aliphatic carbocycles. The molecule has 6 nitrogen and oxygen atoms in total. The highest BCUT2D eigenvalue weighted by molar-refractivity contribution is 5.77. The second-order valence-electron chi connectivity index (χ2n) is 16.0. The molecule has 0 aliphatic rings. The molecule has 3 N–H and O–H groups in total. The number of allylic oxidation sites excluding steroid dienone is 18. The number of esters is 1. The average Bonchev–Trinajstić information content (AvgIpc) is 3.24. The van der Waals surface area contributed by atoms with E-state index in [1.807, 2.05) is 66.8 Å². The van der Waals surface area contributed by atoms with Gasteiger partial charge < -0.3 is 20.3 Å². The zero-order chi connectivity index (χ0) is 43.8. The molecular weight excluding hydrogens is 743 g/mol. The molecule has 0 saturated heterocycles. The van der Waals surface area contributed by atoms with E-state index in [0.29, 0.717) is 19.3 Å². The van der Waals surface area contributed by atoms with Crippen molar-refractivity contribution < 1.29 is 24.5 Å². The third-order valence-electron chi connectivity index (χ3n) is 10.3. The fraction of sp³-hybridized carbons (Fsp3) is 0.630. The second kappa shape index (κ2) is 46.6. The Morgan fingerprint density at radius 2 is 0.933 bits per heavy atom. The van der Waals surface area contributed by atoms with Crippen LogP contribution in [0.5, 0.6) is 0 Å². The Hall–Kier alpha value is -3.48. The fourth-order valence-corrected chi connectivity index (χ4v) is 6.65. The SMILES string of the molecule is CC/C=C/C=C/C=C\C=C/CCCCCC(=O)OC(CCCCC/C=C/C=C/C=C/C=C/C=C/CCC)CC(=O)NC(CO)C(O)CCCCCCCCCCCCCC. The summed E-state index contributed by atoms with van der Waals surface area (Å²) in [5.74, 6) is -0.574. The molecule has 1 amide bonds. The number of hydrogen-bond acceptors (Lipinski definition) is 5. The maximum absolute atomic E-state index is 13.2. The normalized spacial score (nSPS) is 14.3. The van der Waals surface area contributed by atoms with Crippen LogP contribution in [0.15, 0.2) is 109 Å². The van der Waals surface area contributed by atoms with Crippen molar-refractivity contribution in [3.05, 3.63) is 109 Å². The monoisotopic (exact) mass is 832 g/mol. The first kappa shape index (κ1) is 56.5. The van der Waals surface area contributed by atoms with Crippen molar-refractivity contribution in [1.29, 1.82) is 0 Å². The quantitative estimate of drug-likeness (QED) is 0.0324. The van der Waals surface area contributed by atoms with Gasteiger partial charge in [0.05, 0.1) is 25.2 Å². The number of ether oxygens (including phenoxy) is 1. The number of unbranched alkanes of at least 4 members (excludes halogenated alkanes) is 18. The van der Waals surface area contributed by atoms with Crippen molar-refractivity contribution in [3.8, 4) is 0 Å². The van der Waals surface area contributed by atoms with Crippen LogP contribution in [0, 0.1) is 0 Å². The molecule has 3 atom stereocenters. The minimum atomic E-state index is -0.813. The van der Waals surface area contributed by atoms with E-state index >= 15 is 0 Å². The first-order valence-corrected chi connectivity index (χ1v) is 24.2. The predicted molar refractivity (Wildman–Crippen MR) is 259 cm³/mol. The minimum absolute atomic E-state index is 0.0262. The fourth-order valence-electron chi connectivity index (χ4n) is 6.65. The highest BCUT2D eigenvalue weighted by Gasteiger charge is 2.24. The Morgan fingerprint density at radius 1 is 0.500 bits per heavy atom. The molecule has 0 radical (unpaired) electrons. The van der Waals surface area contributed by atoms with Crippen LogP contribution in [0.25, 0.3) is 0 Å². The molecule has 0 saturated carbocycles. The lowest BCUT2D eigenvalue weighted by Gasteiger charge is -2.24. The van der Waals surface area contributed by atoms with Crippen LogP contribution in [0.1, 0.15) is 194 Å². The third-order valence-corrected chi connectivity index (χ3v) is 10.3. The van der Waals surface area contributed by atoms with E-state index in [2.05, 4.69) is 68.6 Å². The number of rotatable bonds is 41. The van der Waals surface area contributed by atoms with Crippen LogP contribution in [0.2, 0.25) is 0 Å². The second-order valence-corrected chi connectivity index (χ2v) is 16.0. The zero-order valence-electron chi connectivity index (χ0n) is 38.5. The van der Waals surface area contributed by atoms with Gasteiger partial charge in [-0.05, 0) is 64.2 Å². The van der Waals surface area contributed by atoms with E-state index in [1.165, 1.54) is 57.8 Å². The van der Waals surface area contributed by atoms with Crippen molar-refractivity contribution in [3.63, 3.8) is 0 Å². The molecule has 0 aromatic carbocycles. The Balaban J connectivity index is 4.80. The van der Waals surface area contributed by atoms with E-state index in [9.17, 15) is 19.8 Å². The van der Waals surface area contributed by atoms with Crippen molar-refractivity contribution in [1.82, 2.24) is 5.32 Å². The van der Waals surface area contributed by atoms with Gasteiger partial charge in [-0.2, -0.15) is 0 Å². The number of amides is 1. The number of carbonyl (C=O) groups is 2. The van der Waals surface area contributed by atoms with Crippen molar-refractivity contribution in [2.75, 3.05) is 6.61 Å². The van der Waals surface area contributed by atoms with Gasteiger partial charge in [-0.15, -0.1) is 0 Å². The number of aliphatic hydroxyl groups is 2. The first-order chi connectivity index (χ1) is 29.5. The number of nitrogens with one attached hydrogen (secondary N) is 1. The van der Waals surface area contributed by atoms with Gasteiger partial charge >= 0.3 is 5.97 Å². The van der Waals surface area contributed by atoms with E-state index in [-0.39, 0.29) is 24.9 Å². The van der Waals surface area contributed by atoms with E-state index in [4.69, 9.17) is 4.74 Å². The van der Waals surface area contributed by atoms with Crippen molar-refractivity contribution in [2.24, 2.45) is 0 Å². The Kier molecular flexibility index (Phi) is 43.9. The lowest BCUT2D eigenvalue weighted by molar-refractivity contribution is -0.151. The largest absolute Gasteiger partial charge is 0.462 e. The van der Waals surface area contributed by atoms with E-state index in [0.717, 1.165) is 89.9 Å². The summed E-state index contributed by atoms with van der Waals surface area (Å²) in [6.45, 7) is 6.21. The number of aliphatic hydroxyl groups excluding tert-OH is 2. The first-order valence-electron chi connectivity index (χ1n) is 24.2. The molecule has 60 heavy (non-hydrogen) atoms. The molecule has 0 bridgehead atoms. The van der Waals surface area contributed by atoms with Gasteiger partial charge in [0.1, 0.15) is 6.10 Å². The number of carbonyl (C=O) groups excluding carboxylic acids is 2. The van der Waals surface area contributed by atoms with Gasteiger partial charge in [-0.1, -0.05) is 226 Å². The molecule has 0 fully saturated rings. The molecule has 0 aliphatic heterocycles. The van der Waals surface area contributed by atoms with Gasteiger partial charge in [0.25, 0.3) is 0 Å². The molecule has 0 spiro atoms. The summed E-state index contributed by atoms with van der Waals surface area (Å²) in [6.07, 6.45) is 62.8. The van der Waals surface area contributed by atoms with Gasteiger partial charge in [0.15, 0.2) is 0 Å². The Labute approximate surface area is 368 Å². The summed E-state index contributed by atoms with van der Waals surface area (Å²) in [4.78, 5) is 26.1. The van der Waals surface area contributed by atoms with Gasteiger partial charge in [0, 0.05) is 6.42 Å². The van der Waals surface area contributed by atoms with Crippen LogP contribution in [-0.4, -0.2) is 46.9 Å². The lowest BCUT2D eigenvalue weighted by Crippen LogP contribution is -2.46. The highest BCUT2D eigenvalue weighted by atomic mass is 16.5. The van der Waals surface area contributed by atoms with Crippen molar-refractivity contribution in [2.45, 2.75) is 212 Å². The van der Waals surface area contributed by atoms with Crippen LogP contribution >= 0.6 is 0 Å². The smallest absolute Gasteiger partial charge is 0.306 e. The Morgan fingerprint density at radius 3 is 1.43 bits per heavy atom. The van der Waals surface area contributed by atoms with E-state index in [1.54, 1.807) is 0 Å². The molecule has 0 aromatic heterocycles. The molecular formula is C54H89NO5. The van der Waals surface area contributed by atoms with Gasteiger partial charge in [-0.3, -0.25) is 9.59 Å². The van der Waals surface area contributed by atoms with Crippen LogP contribution in [-0.2, 0) is 14.3 Å². The topological polar surface area (TPSA) is 95.9 Å². The summed E-state index contributed by atoms with van der Waals surface area (Å²) in [6, 6.07) is -0.731. The van der Waals surface area contributed by atoms with Crippen molar-refractivity contribution >= 4 is 11.9 Å². The molecule has 340 valence electrons. The third kappa shape index (κ3) is 41.3. The average molecular weight is 832 g/mol. The highest BCUT2D eigenvalue weighted by Crippen LogP contribution is 2.17. The zero-order valence-corrected chi connectivity index (χ0v) is 38.5. The predicted octanol–water partition coefficient (Wildman–Crippen LogP) is 14.3. The summed E-state index contributed by atoms with van der Waals surface area (Å²) >= 11 is 0. The Bertz CT molecular complexity index is 1250. The van der Waals surface area contributed by atoms with Gasteiger partial charge in [0.2, 0.25) is 5.91 Å². The van der Waals surface area contributed by atoms with Crippen LogP contribution in [0.4, 0.5) is 0 Å². The summed E-state index contributed by atoms with van der Waals surface area (Å²) in [5, 5.41) is 23.7. The molecule has 0 aromatic rings. The number of hydrogen-bond donors (Lipinski definition) is 3. The maximum atomic E-state index is 13.2. The minimum Gasteiger partial charge on any atom is -0.462 e. The molecule has 6 heteroatoms. The van der Waals surface area contributed by atoms with Crippen LogP contribution in [0.3, 0.4) is 0 Å². The summed E-state index contributed by atoms with van der Waals surface area (Å²) in [7, 11) is 0. The standard InChI is InChI=1S/C54H89NO5/c1-4-7-10-13-16-19-22-25-26-27-29-30-33-36-39-42-45-50(60-54(59)47-44-41-38-35-32-28-23-20-17-14-11-8-5-2)48-53(58)55-51(49-56)52(57)46-43-40-37-34-31-24-21-18-15-12-9-6-3/h8,10-11,13-14,16-17,19-20,22-23,25-30,32,50-52,56-57H,4-7,9,12,15,18,21,24,31,33-49H2,1-3H3,(H,55,58)/b11-8+,13-10+,17-14+,19-16+,23-20-,25-22+,27-26+,30-29+,32-28-. The van der Waals surface area contributed by atoms with Gasteiger partial charge in [-0.25, -0.2) is 0 Å². The summed E-state index contributed by atoms with van der Waals surface area (Å²) < 4.78 is 5.88. The lowest BCUT2D eigenvalue weighted by atomic mass is 10.0. The van der Waals surface area contributed by atoms with E-state index < -0.39 is 18.2 Å². The molecule has 3 unspecified atom stereocenters. The van der Waals surface area contributed by atoms with Crippen LogP contribution < -0.4 is 5.32 Å². The summed E-state index contributed by atoms with van der Waals surface area (Å²) in [5.41, 5.74) is 0. The molecule has 0 heterocycles.